The van der Waals surface area contributed by atoms with Gasteiger partial charge in [-0.2, -0.15) is 13.2 Å². The Kier molecular flexibility index (Phi) is 7.24. The average Bonchev–Trinajstić information content (AvgIpc) is 2.66. The van der Waals surface area contributed by atoms with Crippen LogP contribution in [0.1, 0.15) is 35.7 Å². The summed E-state index contributed by atoms with van der Waals surface area (Å²) in [6, 6.07) is 3.99. The van der Waals surface area contributed by atoms with Gasteiger partial charge in [0.05, 0.1) is 17.7 Å². The zero-order chi connectivity index (χ0) is 20.7. The number of nitrogens with one attached hydrogen (secondary N) is 1. The molecule has 1 aromatic rings. The summed E-state index contributed by atoms with van der Waals surface area (Å²) in [5.74, 6) is -1.84. The number of carbonyl (C=O) groups excluding carboxylic acids is 3. The molecule has 1 N–H and O–H groups in total. The Labute approximate surface area is 159 Å². The molecule has 1 heterocycles. The molecule has 0 aliphatic carbocycles. The van der Waals surface area contributed by atoms with Gasteiger partial charge >= 0.3 is 18.2 Å². The second-order valence-corrected chi connectivity index (χ2v) is 6.15. The molecule has 0 aromatic heterocycles. The summed E-state index contributed by atoms with van der Waals surface area (Å²) < 4.78 is 48.4. The number of amides is 2. The minimum Gasteiger partial charge on any atom is -0.452 e. The zero-order valence-corrected chi connectivity index (χ0v) is 15.3. The summed E-state index contributed by atoms with van der Waals surface area (Å²) in [6.07, 6.45) is -4.13. The molecule has 0 atom stereocenters. The molecule has 1 aromatic carbocycles. The summed E-state index contributed by atoms with van der Waals surface area (Å²) >= 11 is 0. The Bertz CT molecular complexity index is 715. The van der Waals surface area contributed by atoms with E-state index in [9.17, 15) is 27.6 Å². The second-order valence-electron chi connectivity index (χ2n) is 6.15. The first kappa shape index (κ1) is 21.5. The number of ether oxygens (including phenoxy) is 2. The van der Waals surface area contributed by atoms with E-state index in [1.807, 2.05) is 0 Å². The number of esters is 1. The van der Waals surface area contributed by atoms with Gasteiger partial charge in [-0.15, -0.1) is 0 Å². The van der Waals surface area contributed by atoms with Crippen molar-refractivity contribution in [2.75, 3.05) is 26.3 Å². The molecule has 28 heavy (non-hydrogen) atoms. The third kappa shape index (κ3) is 5.86. The number of carbonyl (C=O) groups is 3. The quantitative estimate of drug-likeness (QED) is 0.766. The normalized spacial score (nSPS) is 15.1. The standard InChI is InChI=1S/C18H21F3N2O5/c1-2-27-17(26)23-9-7-12(8-10-23)22-15(24)11-28-16(25)13-5-3-4-6-14(13)18(19,20)21/h3-6,12H,2,7-11H2,1H3,(H,22,24). The van der Waals surface area contributed by atoms with Crippen LogP contribution in [0.3, 0.4) is 0 Å². The van der Waals surface area contributed by atoms with Gasteiger partial charge in [-0.05, 0) is 31.9 Å². The van der Waals surface area contributed by atoms with E-state index in [0.717, 1.165) is 18.2 Å². The number of nitrogens with zero attached hydrogens (tertiary/aromatic N) is 1. The van der Waals surface area contributed by atoms with Crippen LogP contribution in [-0.4, -0.2) is 55.2 Å². The summed E-state index contributed by atoms with van der Waals surface area (Å²) in [5, 5.41) is 2.64. The Morgan fingerprint density at radius 3 is 2.39 bits per heavy atom. The van der Waals surface area contributed by atoms with Crippen LogP contribution in [0.15, 0.2) is 24.3 Å². The van der Waals surface area contributed by atoms with E-state index in [4.69, 9.17) is 9.47 Å². The molecule has 2 rings (SSSR count). The highest BCUT2D eigenvalue weighted by atomic mass is 19.4. The Morgan fingerprint density at radius 1 is 1.14 bits per heavy atom. The van der Waals surface area contributed by atoms with E-state index in [-0.39, 0.29) is 12.6 Å². The topological polar surface area (TPSA) is 84.9 Å². The molecule has 7 nitrogen and oxygen atoms in total. The maximum Gasteiger partial charge on any atom is 0.417 e. The van der Waals surface area contributed by atoms with Gasteiger partial charge < -0.3 is 19.7 Å². The summed E-state index contributed by atoms with van der Waals surface area (Å²) in [6.45, 7) is 2.10. The van der Waals surface area contributed by atoms with Gasteiger partial charge in [0.2, 0.25) is 0 Å². The molecule has 0 saturated carbocycles. The van der Waals surface area contributed by atoms with Crippen molar-refractivity contribution in [3.63, 3.8) is 0 Å². The molecule has 1 aliphatic rings. The zero-order valence-electron chi connectivity index (χ0n) is 15.3. The molecule has 2 amide bonds. The maximum atomic E-state index is 12.9. The lowest BCUT2D eigenvalue weighted by molar-refractivity contribution is -0.138. The summed E-state index contributed by atoms with van der Waals surface area (Å²) in [7, 11) is 0. The summed E-state index contributed by atoms with van der Waals surface area (Å²) in [4.78, 5) is 37.0. The van der Waals surface area contributed by atoms with Gasteiger partial charge in [-0.25, -0.2) is 9.59 Å². The van der Waals surface area contributed by atoms with Gasteiger partial charge in [-0.3, -0.25) is 4.79 Å². The third-order valence-corrected chi connectivity index (χ3v) is 4.17. The first-order valence-corrected chi connectivity index (χ1v) is 8.76. The van der Waals surface area contributed by atoms with Crippen LogP contribution < -0.4 is 5.32 Å². The molecule has 154 valence electrons. The van der Waals surface area contributed by atoms with E-state index >= 15 is 0 Å². The molecule has 10 heteroatoms. The lowest BCUT2D eigenvalue weighted by atomic mass is 10.1. The molecule has 0 spiro atoms. The van der Waals surface area contributed by atoms with Crippen molar-refractivity contribution in [1.29, 1.82) is 0 Å². The van der Waals surface area contributed by atoms with Gasteiger partial charge in [0.25, 0.3) is 5.91 Å². The number of hydrogen-bond acceptors (Lipinski definition) is 5. The minimum atomic E-state index is -4.70. The monoisotopic (exact) mass is 402 g/mol. The van der Waals surface area contributed by atoms with Crippen LogP contribution in [0.2, 0.25) is 0 Å². The molecule has 0 unspecified atom stereocenters. The van der Waals surface area contributed by atoms with E-state index in [1.165, 1.54) is 11.0 Å². The van der Waals surface area contributed by atoms with Crippen LogP contribution in [0.5, 0.6) is 0 Å². The van der Waals surface area contributed by atoms with E-state index in [2.05, 4.69) is 5.32 Å². The lowest BCUT2D eigenvalue weighted by Crippen LogP contribution is -2.47. The second kappa shape index (κ2) is 9.43. The van der Waals surface area contributed by atoms with Crippen LogP contribution in [0, 0.1) is 0 Å². The fourth-order valence-electron chi connectivity index (χ4n) is 2.81. The van der Waals surface area contributed by atoms with Gasteiger partial charge in [-0.1, -0.05) is 12.1 Å². The molecular formula is C18H21F3N2O5. The van der Waals surface area contributed by atoms with Crippen LogP contribution in [-0.2, 0) is 20.4 Å². The summed E-state index contributed by atoms with van der Waals surface area (Å²) in [5.41, 5.74) is -1.77. The number of likely N-dealkylation sites (tertiary alicyclic amines) is 1. The highest BCUT2D eigenvalue weighted by molar-refractivity contribution is 5.93. The third-order valence-electron chi connectivity index (χ3n) is 4.17. The minimum absolute atomic E-state index is 0.223. The van der Waals surface area contributed by atoms with Crippen LogP contribution in [0.4, 0.5) is 18.0 Å². The Balaban J connectivity index is 1.81. The van der Waals surface area contributed by atoms with Gasteiger partial charge in [0, 0.05) is 19.1 Å². The van der Waals surface area contributed by atoms with Crippen molar-refractivity contribution in [2.24, 2.45) is 0 Å². The van der Waals surface area contributed by atoms with E-state index in [1.54, 1.807) is 6.92 Å². The van der Waals surface area contributed by atoms with E-state index in [0.29, 0.717) is 25.9 Å². The van der Waals surface area contributed by atoms with Crippen LogP contribution in [0.25, 0.3) is 0 Å². The Hall–Kier alpha value is -2.78. The first-order valence-electron chi connectivity index (χ1n) is 8.76. The molecule has 0 radical (unpaired) electrons. The number of benzene rings is 1. The predicted octanol–water partition coefficient (Wildman–Crippen LogP) is 2.60. The number of halogens is 3. The van der Waals surface area contributed by atoms with Crippen molar-refractivity contribution in [3.8, 4) is 0 Å². The van der Waals surface area contributed by atoms with E-state index < -0.39 is 41.9 Å². The highest BCUT2D eigenvalue weighted by Gasteiger charge is 2.35. The molecule has 0 bridgehead atoms. The molecule has 1 fully saturated rings. The fraction of sp³-hybridized carbons (Fsp3) is 0.500. The Morgan fingerprint density at radius 2 is 1.79 bits per heavy atom. The van der Waals surface area contributed by atoms with Crippen molar-refractivity contribution in [3.05, 3.63) is 35.4 Å². The number of piperidine rings is 1. The SMILES string of the molecule is CCOC(=O)N1CCC(NC(=O)COC(=O)c2ccccc2C(F)(F)F)CC1. The van der Waals surface area contributed by atoms with Crippen molar-refractivity contribution >= 4 is 18.0 Å². The first-order chi connectivity index (χ1) is 13.2. The van der Waals surface area contributed by atoms with Crippen molar-refractivity contribution in [1.82, 2.24) is 10.2 Å². The van der Waals surface area contributed by atoms with Crippen molar-refractivity contribution < 1.29 is 37.0 Å². The molecule has 1 aliphatic heterocycles. The molecule has 1 saturated heterocycles. The molecular weight excluding hydrogens is 381 g/mol. The predicted molar refractivity (Wildman–Crippen MR) is 91.5 cm³/mol. The smallest absolute Gasteiger partial charge is 0.417 e. The van der Waals surface area contributed by atoms with Gasteiger partial charge in [0.15, 0.2) is 6.61 Å². The number of alkyl halides is 3. The largest absolute Gasteiger partial charge is 0.452 e. The fourth-order valence-corrected chi connectivity index (χ4v) is 2.81. The van der Waals surface area contributed by atoms with Crippen molar-refractivity contribution in [2.45, 2.75) is 32.0 Å². The average molecular weight is 402 g/mol. The number of rotatable bonds is 5. The highest BCUT2D eigenvalue weighted by Crippen LogP contribution is 2.32. The number of hydrogen-bond donors (Lipinski definition) is 1. The maximum absolute atomic E-state index is 12.9. The lowest BCUT2D eigenvalue weighted by Gasteiger charge is -2.31. The van der Waals surface area contributed by atoms with Gasteiger partial charge in [0.1, 0.15) is 0 Å². The van der Waals surface area contributed by atoms with Crippen LogP contribution >= 0.6 is 0 Å².